The number of anilines is 6. The predicted molar refractivity (Wildman–Crippen MR) is 259 cm³/mol. The number of carbonyl (C=O) groups excluding carboxylic acids is 8. The van der Waals surface area contributed by atoms with Gasteiger partial charge in [0.05, 0.1) is 56.3 Å². The smallest absolute Gasteiger partial charge is 0.255 e. The lowest BCUT2D eigenvalue weighted by atomic mass is 9.80. The maximum Gasteiger partial charge on any atom is 0.255 e. The van der Waals surface area contributed by atoms with Gasteiger partial charge >= 0.3 is 0 Å². The van der Waals surface area contributed by atoms with E-state index in [1.54, 1.807) is 134 Å². The van der Waals surface area contributed by atoms with Crippen molar-refractivity contribution in [3.8, 4) is 0 Å². The molecule has 0 aliphatic heterocycles. The van der Waals surface area contributed by atoms with Gasteiger partial charge in [-0.1, -0.05) is 109 Å². The molecule has 0 atom stereocenters. The Hall–Kier alpha value is -9.68. The van der Waals surface area contributed by atoms with Crippen LogP contribution in [0, 0.1) is 6.92 Å². The van der Waals surface area contributed by atoms with Crippen molar-refractivity contribution in [2.45, 2.75) is 6.92 Å². The van der Waals surface area contributed by atoms with Crippen LogP contribution in [-0.2, 0) is 0 Å². The van der Waals surface area contributed by atoms with Gasteiger partial charge in [-0.25, -0.2) is 0 Å². The summed E-state index contributed by atoms with van der Waals surface area (Å²) in [6, 6.07) is 43.6. The maximum absolute atomic E-state index is 14.7. The summed E-state index contributed by atoms with van der Waals surface area (Å²) in [5, 5.41) is 12.2. The fourth-order valence-electron chi connectivity index (χ4n) is 9.35. The molecule has 0 heterocycles. The highest BCUT2D eigenvalue weighted by Crippen LogP contribution is 2.45. The SMILES string of the molecule is Cc1c(Nc2ccc(NC(=O)c3ccccc3)c3c2C(=O)c2ccccc2C3=O)cc2c(c1Nc1ccc(NC(=O)c3ccccc3)c3c1C(=O)c1ccccc1C3=O)C(=O)c1ccccc1C2=O. The van der Waals surface area contributed by atoms with E-state index >= 15 is 0 Å². The third-order valence-electron chi connectivity index (χ3n) is 12.7. The van der Waals surface area contributed by atoms with Crippen molar-refractivity contribution in [1.29, 1.82) is 0 Å². The molecule has 8 aromatic carbocycles. The van der Waals surface area contributed by atoms with Gasteiger partial charge in [0.1, 0.15) is 0 Å². The molecule has 12 heteroatoms. The third-order valence-corrected chi connectivity index (χ3v) is 12.7. The van der Waals surface area contributed by atoms with E-state index in [1.165, 1.54) is 36.4 Å². The summed E-state index contributed by atoms with van der Waals surface area (Å²) in [6.45, 7) is 1.68. The van der Waals surface area contributed by atoms with Crippen LogP contribution in [0.5, 0.6) is 0 Å². The van der Waals surface area contributed by atoms with Gasteiger partial charge in [-0.3, -0.25) is 38.4 Å². The van der Waals surface area contributed by atoms with Gasteiger partial charge in [0.2, 0.25) is 0 Å². The Kier molecular flexibility index (Phi) is 9.94. The molecule has 0 aromatic heterocycles. The van der Waals surface area contributed by atoms with Crippen molar-refractivity contribution >= 4 is 80.6 Å². The molecule has 0 bridgehead atoms. The van der Waals surface area contributed by atoms with Crippen LogP contribution >= 0.6 is 0 Å². The number of carbonyl (C=O) groups is 8. The number of fused-ring (bicyclic) bond motifs is 6. The van der Waals surface area contributed by atoms with E-state index in [-0.39, 0.29) is 101 Å². The van der Waals surface area contributed by atoms with Crippen molar-refractivity contribution in [3.05, 3.63) is 247 Å². The van der Waals surface area contributed by atoms with E-state index in [0.29, 0.717) is 16.7 Å². The molecule has 0 spiro atoms. The average molecular weight is 903 g/mol. The van der Waals surface area contributed by atoms with E-state index in [9.17, 15) is 38.4 Å². The highest BCUT2D eigenvalue weighted by molar-refractivity contribution is 6.35. The Morgan fingerprint density at radius 1 is 0.319 bits per heavy atom. The van der Waals surface area contributed by atoms with Crippen molar-refractivity contribution < 1.29 is 38.4 Å². The van der Waals surface area contributed by atoms with Gasteiger partial charge in [0.25, 0.3) is 11.8 Å². The van der Waals surface area contributed by atoms with Gasteiger partial charge in [-0.15, -0.1) is 0 Å². The Labute approximate surface area is 393 Å². The summed E-state index contributed by atoms with van der Waals surface area (Å²) in [7, 11) is 0. The third kappa shape index (κ3) is 6.77. The minimum absolute atomic E-state index is 0.00368. The van der Waals surface area contributed by atoms with Gasteiger partial charge in [0.15, 0.2) is 34.7 Å². The summed E-state index contributed by atoms with van der Waals surface area (Å²) >= 11 is 0. The van der Waals surface area contributed by atoms with Gasteiger partial charge in [-0.2, -0.15) is 0 Å². The fraction of sp³-hybridized carbons (Fsp3) is 0.0175. The minimum atomic E-state index is -0.526. The molecule has 11 rings (SSSR count). The molecular formula is C57H34N4O8. The Morgan fingerprint density at radius 2 is 0.638 bits per heavy atom. The van der Waals surface area contributed by atoms with Gasteiger partial charge in [0, 0.05) is 55.8 Å². The maximum atomic E-state index is 14.7. The van der Waals surface area contributed by atoms with Crippen LogP contribution in [-0.4, -0.2) is 46.5 Å². The highest BCUT2D eigenvalue weighted by atomic mass is 16.2. The van der Waals surface area contributed by atoms with E-state index in [2.05, 4.69) is 21.3 Å². The number of benzene rings is 8. The summed E-state index contributed by atoms with van der Waals surface area (Å²) in [6.07, 6.45) is 0. The van der Waals surface area contributed by atoms with E-state index < -0.39 is 46.5 Å². The summed E-state index contributed by atoms with van der Waals surface area (Å²) in [4.78, 5) is 114. The molecule has 0 radical (unpaired) electrons. The summed E-state index contributed by atoms with van der Waals surface area (Å²) in [5.74, 6) is -4.02. The molecule has 8 aromatic rings. The first-order valence-electron chi connectivity index (χ1n) is 21.8. The Balaban J connectivity index is 1.08. The number of nitrogens with one attached hydrogen (secondary N) is 4. The molecule has 12 nitrogen and oxygen atoms in total. The quantitative estimate of drug-likeness (QED) is 0.114. The molecule has 3 aliphatic carbocycles. The number of hydrogen-bond acceptors (Lipinski definition) is 10. The second kappa shape index (κ2) is 16.3. The van der Waals surface area contributed by atoms with Crippen molar-refractivity contribution in [1.82, 2.24) is 0 Å². The Bertz CT molecular complexity index is 3670. The standard InChI is InChI=1S/C57H34N4O8/c1-29-43(58-39-24-26-41(60-56(68)30-14-4-2-5-15-30)47-45(39)52(64)34-20-10-12-22-36(34)54(47)66)28-38-44(51(63)33-19-9-8-18-32(33)50(38)62)49(29)59-40-25-27-42(61-57(69)31-16-6-3-7-17-31)48-46(40)53(65)35-21-11-13-23-37(35)55(48)67/h2-28,58-59H,1H3,(H,60,68)(H,61,69). The molecular weight excluding hydrogens is 869 g/mol. The van der Waals surface area contributed by atoms with Gasteiger partial charge < -0.3 is 21.3 Å². The molecule has 0 saturated carbocycles. The zero-order valence-corrected chi connectivity index (χ0v) is 36.4. The predicted octanol–water partition coefficient (Wildman–Crippen LogP) is 10.3. The van der Waals surface area contributed by atoms with Crippen LogP contribution in [0.25, 0.3) is 0 Å². The zero-order valence-electron chi connectivity index (χ0n) is 36.4. The van der Waals surface area contributed by atoms with Crippen molar-refractivity contribution in [2.75, 3.05) is 21.3 Å². The van der Waals surface area contributed by atoms with Crippen LogP contribution in [0.4, 0.5) is 34.1 Å². The first kappa shape index (κ1) is 42.0. The van der Waals surface area contributed by atoms with Crippen molar-refractivity contribution in [2.24, 2.45) is 0 Å². The minimum Gasteiger partial charge on any atom is -0.355 e. The molecule has 330 valence electrons. The Morgan fingerprint density at radius 3 is 1.04 bits per heavy atom. The van der Waals surface area contributed by atoms with E-state index in [0.717, 1.165) is 0 Å². The normalized spacial score (nSPS) is 13.0. The number of rotatable bonds is 8. The average Bonchev–Trinajstić information content (AvgIpc) is 3.38. The number of hydrogen-bond donors (Lipinski definition) is 4. The molecule has 2 amide bonds. The number of amides is 2. The van der Waals surface area contributed by atoms with Crippen LogP contribution < -0.4 is 21.3 Å². The summed E-state index contributed by atoms with van der Waals surface area (Å²) < 4.78 is 0. The van der Waals surface area contributed by atoms with Gasteiger partial charge in [-0.05, 0) is 67.1 Å². The van der Waals surface area contributed by atoms with Crippen molar-refractivity contribution in [3.63, 3.8) is 0 Å². The largest absolute Gasteiger partial charge is 0.355 e. The fourth-order valence-corrected chi connectivity index (χ4v) is 9.35. The molecule has 0 saturated heterocycles. The second-order valence-corrected chi connectivity index (χ2v) is 16.7. The first-order valence-corrected chi connectivity index (χ1v) is 21.8. The van der Waals surface area contributed by atoms with E-state index in [4.69, 9.17) is 0 Å². The summed E-state index contributed by atoms with van der Waals surface area (Å²) in [5.41, 5.74) is 2.48. The topological polar surface area (TPSA) is 185 Å². The van der Waals surface area contributed by atoms with Crippen LogP contribution in [0.3, 0.4) is 0 Å². The molecule has 69 heavy (non-hydrogen) atoms. The lowest BCUT2D eigenvalue weighted by Gasteiger charge is -2.28. The lowest BCUT2D eigenvalue weighted by Crippen LogP contribution is -2.26. The first-order chi connectivity index (χ1) is 33.5. The molecule has 0 unspecified atom stereocenters. The molecule has 4 N–H and O–H groups in total. The van der Waals surface area contributed by atoms with Crippen LogP contribution in [0.2, 0.25) is 0 Å². The zero-order chi connectivity index (χ0) is 47.7. The van der Waals surface area contributed by atoms with Crippen LogP contribution in [0.1, 0.15) is 122 Å². The monoisotopic (exact) mass is 902 g/mol. The lowest BCUT2D eigenvalue weighted by molar-refractivity contribution is 0.0979. The van der Waals surface area contributed by atoms with E-state index in [1.807, 2.05) is 0 Å². The second-order valence-electron chi connectivity index (χ2n) is 16.7. The highest BCUT2D eigenvalue weighted by Gasteiger charge is 2.39. The molecule has 0 fully saturated rings. The number of ketones is 6. The molecule has 3 aliphatic rings. The van der Waals surface area contributed by atoms with Crippen LogP contribution in [0.15, 0.2) is 164 Å².